The van der Waals surface area contributed by atoms with Gasteiger partial charge in [0.15, 0.2) is 0 Å². The van der Waals surface area contributed by atoms with E-state index in [1.54, 1.807) is 5.57 Å². The minimum Gasteiger partial charge on any atom is -0.393 e. The van der Waals surface area contributed by atoms with Gasteiger partial charge in [-0.25, -0.2) is 0 Å². The summed E-state index contributed by atoms with van der Waals surface area (Å²) in [6, 6.07) is 0. The quantitative estimate of drug-likeness (QED) is 0.0978. The second-order valence-corrected chi connectivity index (χ2v) is 15.1. The van der Waals surface area contributed by atoms with Crippen LogP contribution in [0.15, 0.2) is 11.1 Å². The summed E-state index contributed by atoms with van der Waals surface area (Å²) >= 11 is 0. The van der Waals surface area contributed by atoms with E-state index < -0.39 is 15.6 Å². The number of alkyl halides is 3. The first-order valence-electron chi connectivity index (χ1n) is 13.9. The second-order valence-electron chi connectivity index (χ2n) is 13.7. The number of fused-ring (bicyclic) bond motifs is 4. The number of halogens is 3. The Labute approximate surface area is 226 Å². The number of rotatable bonds is 4. The zero-order chi connectivity index (χ0) is 29.1. The van der Waals surface area contributed by atoms with Crippen LogP contribution in [0.3, 0.4) is 0 Å². The highest BCUT2D eigenvalue weighted by atomic mass is 32.2. The number of nitrogens with two attached hydrogens (primary N) is 1. The fourth-order valence-electron chi connectivity index (χ4n) is 9.21. The van der Waals surface area contributed by atoms with E-state index in [0.29, 0.717) is 28.5 Å². The van der Waals surface area contributed by atoms with Gasteiger partial charge in [-0.3, -0.25) is 9.96 Å². The van der Waals surface area contributed by atoms with Crippen molar-refractivity contribution in [3.8, 4) is 0 Å². The van der Waals surface area contributed by atoms with Crippen molar-refractivity contribution in [3.63, 3.8) is 0 Å². The van der Waals surface area contributed by atoms with Crippen LogP contribution in [0.2, 0.25) is 0 Å². The van der Waals surface area contributed by atoms with Crippen molar-refractivity contribution in [2.24, 2.45) is 45.1 Å². The lowest BCUT2D eigenvalue weighted by molar-refractivity contribution is -0.0962. The van der Waals surface area contributed by atoms with E-state index in [-0.39, 0.29) is 16.9 Å². The Morgan fingerprint density at radius 2 is 1.63 bits per heavy atom. The highest BCUT2D eigenvalue weighted by molar-refractivity contribution is 7.86. The first-order chi connectivity index (χ1) is 17.1. The third-order valence-electron chi connectivity index (χ3n) is 11.6. The van der Waals surface area contributed by atoms with Gasteiger partial charge < -0.3 is 10.8 Å². The average molecular weight is 565 g/mol. The van der Waals surface area contributed by atoms with E-state index in [2.05, 4.69) is 41.5 Å². The molecule has 0 heterocycles. The molecule has 38 heavy (non-hydrogen) atoms. The smallest absolute Gasteiger partial charge is 0.393 e. The molecule has 0 radical (unpaired) electrons. The van der Waals surface area contributed by atoms with Crippen molar-refractivity contribution in [2.75, 3.05) is 0 Å². The Hall–Kier alpha value is -1.13. The van der Waals surface area contributed by atoms with Gasteiger partial charge in [-0.2, -0.15) is 21.6 Å². The van der Waals surface area contributed by atoms with Crippen LogP contribution >= 0.6 is 0 Å². The van der Waals surface area contributed by atoms with Crippen LogP contribution in [0.25, 0.3) is 0 Å². The van der Waals surface area contributed by atoms with Crippen LogP contribution in [0, 0.1) is 44.8 Å². The normalized spacial score (nSPS) is 39.3. The molecule has 2 unspecified atom stereocenters. The first-order valence-corrected chi connectivity index (χ1v) is 15.3. The predicted molar refractivity (Wildman–Crippen MR) is 143 cm³/mol. The van der Waals surface area contributed by atoms with Crippen LogP contribution in [-0.2, 0) is 10.1 Å². The number of hydrogen-bond donors (Lipinski definition) is 4. The summed E-state index contributed by atoms with van der Waals surface area (Å²) in [6.07, 6.45) is 11.5. The van der Waals surface area contributed by atoms with Crippen LogP contribution in [0.1, 0.15) is 106 Å². The fraction of sp³-hybridized carbons (Fsp3) is 0.893. The maximum atomic E-state index is 10.8. The zero-order valence-corrected chi connectivity index (χ0v) is 24.5. The van der Waals surface area contributed by atoms with Gasteiger partial charge >= 0.3 is 15.6 Å². The van der Waals surface area contributed by atoms with Gasteiger partial charge in [0.1, 0.15) is 0 Å². The van der Waals surface area contributed by atoms with Crippen molar-refractivity contribution in [1.82, 2.24) is 0 Å². The Bertz CT molecular complexity index is 1070. The van der Waals surface area contributed by atoms with Crippen LogP contribution in [0.5, 0.6) is 0 Å². The summed E-state index contributed by atoms with van der Waals surface area (Å²) in [4.78, 5) is 0. The van der Waals surface area contributed by atoms with Crippen molar-refractivity contribution in [3.05, 3.63) is 11.1 Å². The zero-order valence-electron chi connectivity index (χ0n) is 23.7. The topological polar surface area (TPSA) is 124 Å². The number of nitrogens with one attached hydrogen (secondary N) is 1. The number of allylic oxidation sites excluding steroid dienone is 2. The maximum Gasteiger partial charge on any atom is 0.522 e. The van der Waals surface area contributed by atoms with Crippen molar-refractivity contribution in [1.29, 1.82) is 5.41 Å². The van der Waals surface area contributed by atoms with Gasteiger partial charge in [-0.15, -0.1) is 0 Å². The SMILES string of the molecule is C[C@H](CCC(=N)N)C1CC[C@@]2(C)C3=C(CC[C@]12C)[C@@]1(C)CC[C@H](O)C(C)(C)C1CC3.O=S(=O)(O)C(F)(F)F. The highest BCUT2D eigenvalue weighted by Crippen LogP contribution is 2.72. The monoisotopic (exact) mass is 564 g/mol. The van der Waals surface area contributed by atoms with Gasteiger partial charge in [0.25, 0.3) is 0 Å². The van der Waals surface area contributed by atoms with Gasteiger partial charge in [-0.1, -0.05) is 52.7 Å². The summed E-state index contributed by atoms with van der Waals surface area (Å²) in [7, 11) is -5.84. The molecule has 0 amide bonds. The number of aliphatic hydroxyl groups excluding tert-OH is 1. The molecule has 0 aliphatic heterocycles. The third-order valence-corrected chi connectivity index (χ3v) is 12.2. The minimum atomic E-state index is -5.84. The number of hydrogen-bond acceptors (Lipinski definition) is 4. The average Bonchev–Trinajstić information content (AvgIpc) is 3.05. The Kier molecular flexibility index (Phi) is 8.31. The Morgan fingerprint density at radius 3 is 2.16 bits per heavy atom. The van der Waals surface area contributed by atoms with E-state index in [0.717, 1.165) is 31.6 Å². The molecular formula is C28H47F3N2O4S. The van der Waals surface area contributed by atoms with Crippen LogP contribution < -0.4 is 5.73 Å². The molecule has 4 aliphatic rings. The standard InChI is InChI=1S/C27H46N2O.CHF3O3S/c1-17(7-10-23(28)29)18-11-15-27(6)20-8-9-21-24(2,3)22(30)13-14-25(21,4)19(20)12-16-26(18,27)5;2-1(3,4)8(5,6)7/h17-18,21-22,30H,7-16H2,1-6H3,(H3,28,29);(H,5,6,7)/t17-,18?,21?,22+,25-,26-,27+;/m1./s1. The fourth-order valence-corrected chi connectivity index (χ4v) is 9.21. The Morgan fingerprint density at radius 1 is 1.05 bits per heavy atom. The van der Waals surface area contributed by atoms with Gasteiger partial charge in [-0.05, 0) is 97.2 Å². The molecule has 0 aromatic carbocycles. The van der Waals surface area contributed by atoms with Gasteiger partial charge in [0, 0.05) is 6.42 Å². The molecule has 6 nitrogen and oxygen atoms in total. The summed E-state index contributed by atoms with van der Waals surface area (Å²) in [5, 5.41) is 18.4. The molecule has 220 valence electrons. The molecule has 0 saturated heterocycles. The van der Waals surface area contributed by atoms with Crippen LogP contribution in [0.4, 0.5) is 13.2 Å². The molecule has 7 atom stereocenters. The summed E-state index contributed by atoms with van der Waals surface area (Å²) in [5.74, 6) is 2.33. The summed E-state index contributed by atoms with van der Waals surface area (Å²) < 4.78 is 57.5. The lowest BCUT2D eigenvalue weighted by atomic mass is 9.43. The highest BCUT2D eigenvalue weighted by Gasteiger charge is 2.63. The second kappa shape index (κ2) is 10.1. The van der Waals surface area contributed by atoms with Crippen molar-refractivity contribution in [2.45, 2.75) is 117 Å². The minimum absolute atomic E-state index is 0.0204. The molecule has 4 rings (SSSR count). The molecule has 0 spiro atoms. The molecule has 4 aliphatic carbocycles. The summed E-state index contributed by atoms with van der Waals surface area (Å²) in [5.41, 5.74) is 4.76. The molecule has 2 saturated carbocycles. The van der Waals surface area contributed by atoms with E-state index in [1.807, 2.05) is 5.57 Å². The van der Waals surface area contributed by atoms with E-state index in [1.165, 1.54) is 38.5 Å². The summed E-state index contributed by atoms with van der Waals surface area (Å²) in [6.45, 7) is 14.8. The number of aliphatic hydroxyl groups is 1. The third kappa shape index (κ3) is 5.06. The van der Waals surface area contributed by atoms with Gasteiger partial charge in [0.05, 0.1) is 11.9 Å². The Balaban J connectivity index is 0.000000436. The molecule has 2 fully saturated rings. The largest absolute Gasteiger partial charge is 0.522 e. The lowest BCUT2D eigenvalue weighted by Crippen LogP contribution is -2.55. The lowest BCUT2D eigenvalue weighted by Gasteiger charge is -2.62. The molecule has 0 aromatic rings. The number of amidine groups is 1. The molecule has 10 heteroatoms. The molecule has 0 aromatic heterocycles. The first kappa shape index (κ1) is 31.4. The van der Waals surface area contributed by atoms with Crippen LogP contribution in [-0.4, -0.2) is 35.5 Å². The van der Waals surface area contributed by atoms with Crippen molar-refractivity contribution >= 4 is 16.0 Å². The van der Waals surface area contributed by atoms with E-state index >= 15 is 0 Å². The van der Waals surface area contributed by atoms with E-state index in [4.69, 9.17) is 24.1 Å². The predicted octanol–water partition coefficient (Wildman–Crippen LogP) is 6.84. The molecular weight excluding hydrogens is 517 g/mol. The van der Waals surface area contributed by atoms with E-state index in [9.17, 15) is 18.3 Å². The molecule has 5 N–H and O–H groups in total. The molecule has 0 bridgehead atoms. The maximum absolute atomic E-state index is 10.8. The van der Waals surface area contributed by atoms with Gasteiger partial charge in [0.2, 0.25) is 0 Å². The van der Waals surface area contributed by atoms with Crippen molar-refractivity contribution < 1.29 is 31.2 Å².